The maximum Gasteiger partial charge on any atom is 0.306 e. The molecule has 0 radical (unpaired) electrons. The molecular formula is C59H102O14. The second-order valence-electron chi connectivity index (χ2n) is 19.7. The average Bonchev–Trinajstić information content (AvgIpc) is 3.39. The molecule has 2 fully saturated rings. The van der Waals surface area contributed by atoms with E-state index in [1.165, 1.54) is 77.0 Å². The van der Waals surface area contributed by atoms with Crippen LogP contribution in [0.1, 0.15) is 194 Å². The summed E-state index contributed by atoms with van der Waals surface area (Å²) in [6, 6.07) is 0. The molecule has 0 bridgehead atoms. The Labute approximate surface area is 440 Å². The van der Waals surface area contributed by atoms with Crippen LogP contribution in [0.15, 0.2) is 72.9 Å². The first-order valence-electron chi connectivity index (χ1n) is 28.5. The monoisotopic (exact) mass is 1030 g/mol. The fourth-order valence-corrected chi connectivity index (χ4v) is 8.60. The molecule has 14 heteroatoms. The maximum absolute atomic E-state index is 13.1. The van der Waals surface area contributed by atoms with Gasteiger partial charge in [0.1, 0.15) is 54.9 Å². The van der Waals surface area contributed by atoms with E-state index in [9.17, 15) is 40.5 Å². The zero-order valence-corrected chi connectivity index (χ0v) is 45.1. The summed E-state index contributed by atoms with van der Waals surface area (Å²) >= 11 is 0. The lowest BCUT2D eigenvalue weighted by molar-refractivity contribution is -0.332. The smallest absolute Gasteiger partial charge is 0.306 e. The lowest BCUT2D eigenvalue weighted by Gasteiger charge is -2.42. The molecule has 0 saturated carbocycles. The highest BCUT2D eigenvalue weighted by molar-refractivity contribution is 5.69. The Kier molecular flexibility index (Phi) is 41.6. The number of aliphatic hydroxyl groups is 7. The number of esters is 1. The highest BCUT2D eigenvalue weighted by Gasteiger charge is 2.47. The van der Waals surface area contributed by atoms with Crippen LogP contribution in [-0.4, -0.2) is 142 Å². The summed E-state index contributed by atoms with van der Waals surface area (Å²) < 4.78 is 34.4. The molecule has 2 aliphatic heterocycles. The molecule has 422 valence electrons. The summed E-state index contributed by atoms with van der Waals surface area (Å²) in [6.45, 7) is 3.53. The van der Waals surface area contributed by atoms with Crippen molar-refractivity contribution in [1.82, 2.24) is 0 Å². The molecule has 2 heterocycles. The van der Waals surface area contributed by atoms with Gasteiger partial charge in [-0.3, -0.25) is 4.79 Å². The van der Waals surface area contributed by atoms with Gasteiger partial charge in [-0.2, -0.15) is 0 Å². The molecule has 0 aromatic heterocycles. The molecule has 2 saturated heterocycles. The van der Waals surface area contributed by atoms with E-state index in [0.717, 1.165) is 89.9 Å². The van der Waals surface area contributed by atoms with Crippen molar-refractivity contribution in [2.45, 2.75) is 261 Å². The minimum absolute atomic E-state index is 0.0502. The largest absolute Gasteiger partial charge is 0.457 e. The van der Waals surface area contributed by atoms with Crippen molar-refractivity contribution in [1.29, 1.82) is 0 Å². The molecule has 7 N–H and O–H groups in total. The van der Waals surface area contributed by atoms with Crippen molar-refractivity contribution >= 4 is 5.97 Å². The number of aliphatic hydroxyl groups excluding tert-OH is 7. The Balaban J connectivity index is 1.74. The van der Waals surface area contributed by atoms with Crippen LogP contribution in [0.5, 0.6) is 0 Å². The van der Waals surface area contributed by atoms with E-state index in [2.05, 4.69) is 86.8 Å². The summed E-state index contributed by atoms with van der Waals surface area (Å²) in [5.41, 5.74) is 0. The second-order valence-corrected chi connectivity index (χ2v) is 19.7. The van der Waals surface area contributed by atoms with Gasteiger partial charge in [0.2, 0.25) is 0 Å². The van der Waals surface area contributed by atoms with Crippen molar-refractivity contribution in [2.24, 2.45) is 0 Å². The molecule has 0 spiro atoms. The van der Waals surface area contributed by atoms with Gasteiger partial charge in [-0.15, -0.1) is 0 Å². The summed E-state index contributed by atoms with van der Waals surface area (Å²) in [7, 11) is 0. The first-order chi connectivity index (χ1) is 35.6. The van der Waals surface area contributed by atoms with Gasteiger partial charge in [0, 0.05) is 13.0 Å². The first kappa shape index (κ1) is 66.5. The topological polar surface area (TPSA) is 214 Å². The SMILES string of the molecule is CC/C=C\C/C=C\C/C=C\C/C=C\CCCCCCCCC(=O)OC(COCCCCCCCCCCCC/C=C\C/C=C\CCCCC)COC1OC(COC2OC(CO)C(O)C(O)C2O)C(O)C(O)C1O. The summed E-state index contributed by atoms with van der Waals surface area (Å²) in [5.74, 6) is -0.392. The van der Waals surface area contributed by atoms with E-state index in [-0.39, 0.29) is 19.6 Å². The van der Waals surface area contributed by atoms with E-state index >= 15 is 0 Å². The van der Waals surface area contributed by atoms with Crippen LogP contribution in [0.3, 0.4) is 0 Å². The van der Waals surface area contributed by atoms with Gasteiger partial charge in [-0.05, 0) is 83.5 Å². The van der Waals surface area contributed by atoms with Crippen molar-refractivity contribution in [3.05, 3.63) is 72.9 Å². The van der Waals surface area contributed by atoms with Crippen LogP contribution in [0, 0.1) is 0 Å². The van der Waals surface area contributed by atoms with Gasteiger partial charge < -0.3 is 64.2 Å². The molecule has 14 nitrogen and oxygen atoms in total. The minimum Gasteiger partial charge on any atom is -0.457 e. The molecule has 0 aromatic carbocycles. The number of unbranched alkanes of at least 4 members (excludes halogenated alkanes) is 19. The van der Waals surface area contributed by atoms with Gasteiger partial charge in [0.15, 0.2) is 12.6 Å². The highest BCUT2D eigenvalue weighted by Crippen LogP contribution is 2.26. The lowest BCUT2D eigenvalue weighted by Crippen LogP contribution is -2.61. The Hall–Kier alpha value is -2.57. The summed E-state index contributed by atoms with van der Waals surface area (Å²) in [5, 5.41) is 72.3. The summed E-state index contributed by atoms with van der Waals surface area (Å²) in [4.78, 5) is 13.1. The number of hydrogen-bond acceptors (Lipinski definition) is 14. The van der Waals surface area contributed by atoms with Crippen LogP contribution in [0.4, 0.5) is 0 Å². The van der Waals surface area contributed by atoms with E-state index in [4.69, 9.17) is 28.4 Å². The Morgan fingerprint density at radius 2 is 0.890 bits per heavy atom. The van der Waals surface area contributed by atoms with Gasteiger partial charge in [-0.1, -0.05) is 177 Å². The van der Waals surface area contributed by atoms with E-state index in [1.54, 1.807) is 0 Å². The lowest BCUT2D eigenvalue weighted by atomic mass is 9.98. The molecular weight excluding hydrogens is 933 g/mol. The molecule has 2 rings (SSSR count). The standard InChI is InChI=1S/C59H102O14/c1-3-5-7-9-11-13-15-17-19-21-23-25-27-29-31-33-35-37-39-41-43-68-45-48(71-51(61)42-40-38-36-34-32-30-28-26-24-22-20-18-16-14-12-10-8-6-4-2)46-69-58-57(67)55(65)53(63)50(73-58)47-70-59-56(66)54(64)52(62)49(44-60)72-59/h6,8,11-14,17-20,24,26,48-50,52-60,62-67H,3-5,7,9-10,15-16,21-23,25,27-47H2,1-2H3/b8-6-,13-11-,14-12-,19-17-,20-18-,26-24-. The van der Waals surface area contributed by atoms with Crippen molar-refractivity contribution in [2.75, 3.05) is 33.0 Å². The predicted molar refractivity (Wildman–Crippen MR) is 289 cm³/mol. The van der Waals surface area contributed by atoms with E-state index < -0.39 is 86.7 Å². The van der Waals surface area contributed by atoms with Crippen LogP contribution in [0.2, 0.25) is 0 Å². The predicted octanol–water partition coefficient (Wildman–Crippen LogP) is 9.86. The fraction of sp³-hybridized carbons (Fsp3) is 0.780. The third kappa shape index (κ3) is 32.6. The summed E-state index contributed by atoms with van der Waals surface area (Å²) in [6.07, 6.45) is 40.9. The maximum atomic E-state index is 13.1. The number of rotatable bonds is 45. The zero-order valence-electron chi connectivity index (χ0n) is 45.1. The zero-order chi connectivity index (χ0) is 53.0. The number of hydrogen-bond donors (Lipinski definition) is 7. The van der Waals surface area contributed by atoms with Gasteiger partial charge in [0.25, 0.3) is 0 Å². The molecule has 73 heavy (non-hydrogen) atoms. The second kappa shape index (κ2) is 45.6. The van der Waals surface area contributed by atoms with E-state index in [0.29, 0.717) is 13.0 Å². The van der Waals surface area contributed by atoms with Crippen molar-refractivity contribution < 1.29 is 69.0 Å². The highest BCUT2D eigenvalue weighted by atomic mass is 16.7. The Bertz CT molecular complexity index is 1480. The average molecular weight is 1040 g/mol. The third-order valence-electron chi connectivity index (χ3n) is 13.2. The molecule has 0 aromatic rings. The van der Waals surface area contributed by atoms with Gasteiger partial charge >= 0.3 is 5.97 Å². The molecule has 11 unspecified atom stereocenters. The quantitative estimate of drug-likeness (QED) is 0.0172. The number of carbonyl (C=O) groups excluding carboxylic acids is 1. The first-order valence-corrected chi connectivity index (χ1v) is 28.5. The van der Waals surface area contributed by atoms with Crippen molar-refractivity contribution in [3.8, 4) is 0 Å². The van der Waals surface area contributed by atoms with Crippen LogP contribution >= 0.6 is 0 Å². The minimum atomic E-state index is -1.71. The van der Waals surface area contributed by atoms with Crippen LogP contribution < -0.4 is 0 Å². The Morgan fingerprint density at radius 3 is 1.40 bits per heavy atom. The molecule has 2 aliphatic rings. The molecule has 0 amide bonds. The van der Waals surface area contributed by atoms with Crippen LogP contribution in [-0.2, 0) is 33.2 Å². The fourth-order valence-electron chi connectivity index (χ4n) is 8.60. The number of ether oxygens (including phenoxy) is 6. The van der Waals surface area contributed by atoms with Gasteiger partial charge in [0.05, 0.1) is 26.4 Å². The Morgan fingerprint density at radius 1 is 0.466 bits per heavy atom. The molecule has 0 aliphatic carbocycles. The molecule has 11 atom stereocenters. The van der Waals surface area contributed by atoms with Gasteiger partial charge in [-0.25, -0.2) is 0 Å². The number of allylic oxidation sites excluding steroid dienone is 12. The third-order valence-corrected chi connectivity index (χ3v) is 13.2. The number of carbonyl (C=O) groups is 1. The normalized spacial score (nSPS) is 25.5. The van der Waals surface area contributed by atoms with Crippen molar-refractivity contribution in [3.63, 3.8) is 0 Å². The van der Waals surface area contributed by atoms with Crippen LogP contribution in [0.25, 0.3) is 0 Å². The van der Waals surface area contributed by atoms with E-state index in [1.807, 2.05) is 0 Å².